The number of nitrogens with zero attached hydrogens (tertiary/aromatic N) is 1. The van der Waals surface area contributed by atoms with Crippen molar-refractivity contribution in [3.05, 3.63) is 59.7 Å². The number of nitrogens with one attached hydrogen (secondary N) is 1. The molecular formula is C27H30N2O6. The number of benzene rings is 2. The molecular weight excluding hydrogens is 448 g/mol. The number of carbonyl (C=O) groups excluding carboxylic acids is 2. The summed E-state index contributed by atoms with van der Waals surface area (Å²) in [5.41, 5.74) is 1.52. The maximum absolute atomic E-state index is 13.6. The van der Waals surface area contributed by atoms with Crippen molar-refractivity contribution < 1.29 is 29.0 Å². The van der Waals surface area contributed by atoms with Gasteiger partial charge in [0.05, 0.1) is 6.61 Å². The molecule has 2 aliphatic heterocycles. The molecule has 2 amide bonds. The van der Waals surface area contributed by atoms with Crippen molar-refractivity contribution in [1.82, 2.24) is 10.2 Å². The van der Waals surface area contributed by atoms with Crippen molar-refractivity contribution in [2.75, 3.05) is 26.9 Å². The van der Waals surface area contributed by atoms with Gasteiger partial charge in [0.25, 0.3) is 5.91 Å². The van der Waals surface area contributed by atoms with E-state index in [0.29, 0.717) is 19.4 Å². The van der Waals surface area contributed by atoms with E-state index in [4.69, 9.17) is 9.47 Å². The van der Waals surface area contributed by atoms with E-state index in [9.17, 15) is 19.5 Å². The van der Waals surface area contributed by atoms with Crippen molar-refractivity contribution in [3.8, 4) is 11.1 Å². The smallest absolute Gasteiger partial charge is 0.408 e. The molecule has 8 heteroatoms. The van der Waals surface area contributed by atoms with Gasteiger partial charge in [-0.3, -0.25) is 4.79 Å². The van der Waals surface area contributed by atoms with Crippen LogP contribution < -0.4 is 5.32 Å². The highest BCUT2D eigenvalue weighted by atomic mass is 16.5. The van der Waals surface area contributed by atoms with Crippen LogP contribution >= 0.6 is 0 Å². The van der Waals surface area contributed by atoms with Gasteiger partial charge in [0.15, 0.2) is 0 Å². The minimum atomic E-state index is -1.46. The summed E-state index contributed by atoms with van der Waals surface area (Å²) in [6, 6.07) is 16.1. The molecule has 2 aliphatic carbocycles. The van der Waals surface area contributed by atoms with Gasteiger partial charge < -0.3 is 24.8 Å². The first-order chi connectivity index (χ1) is 16.6. The van der Waals surface area contributed by atoms with Gasteiger partial charge in [-0.25, -0.2) is 9.59 Å². The first kappa shape index (κ1) is 23.4. The van der Waals surface area contributed by atoms with Crippen LogP contribution in [0.1, 0.15) is 43.7 Å². The lowest BCUT2D eigenvalue weighted by Crippen LogP contribution is -2.65. The highest BCUT2D eigenvalue weighted by molar-refractivity contribution is 5.96. The fourth-order valence-corrected chi connectivity index (χ4v) is 6.33. The second-order valence-corrected chi connectivity index (χ2v) is 10.6. The van der Waals surface area contributed by atoms with Crippen LogP contribution in [-0.4, -0.2) is 65.9 Å². The summed E-state index contributed by atoms with van der Waals surface area (Å²) < 4.78 is 10.9. The Labute approximate surface area is 204 Å². The van der Waals surface area contributed by atoms with Crippen LogP contribution in [0.15, 0.2) is 48.5 Å². The highest BCUT2D eigenvalue weighted by Crippen LogP contribution is 2.59. The lowest BCUT2D eigenvalue weighted by atomic mass is 9.63. The predicted molar refractivity (Wildman–Crippen MR) is 128 cm³/mol. The van der Waals surface area contributed by atoms with E-state index in [1.165, 1.54) is 12.0 Å². The number of carboxylic acids is 1. The maximum atomic E-state index is 13.6. The number of amides is 2. The molecule has 8 nitrogen and oxygen atoms in total. The van der Waals surface area contributed by atoms with E-state index in [-0.39, 0.29) is 24.5 Å². The van der Waals surface area contributed by atoms with Gasteiger partial charge in [0, 0.05) is 19.6 Å². The fraction of sp³-hybridized carbons (Fsp3) is 0.444. The molecule has 3 fully saturated rings. The van der Waals surface area contributed by atoms with Crippen molar-refractivity contribution in [2.45, 2.75) is 43.7 Å². The molecule has 2 N–H and O–H groups in total. The average Bonchev–Trinajstić information content (AvgIpc) is 3.41. The number of hydrogen-bond donors (Lipinski definition) is 2. The van der Waals surface area contributed by atoms with Crippen LogP contribution in [0.4, 0.5) is 4.79 Å². The summed E-state index contributed by atoms with van der Waals surface area (Å²) in [5.74, 6) is -1.60. The van der Waals surface area contributed by atoms with Gasteiger partial charge in [-0.2, -0.15) is 0 Å². The standard InChI is InChI=1S/C27H30N2O6/c1-25-13-27(14-25,23(31)32)29(15-25)22(30)26(2,16-34-3)28-24(33)35-12-21-19-10-6-4-8-17(19)18-9-5-7-11-20(18)21/h4-11,21H,12-16H2,1-3H3,(H,28,33)(H,31,32). The van der Waals surface area contributed by atoms with Crippen LogP contribution in [0.3, 0.4) is 0 Å². The molecule has 1 unspecified atom stereocenters. The van der Waals surface area contributed by atoms with Gasteiger partial charge in [-0.05, 0) is 47.4 Å². The van der Waals surface area contributed by atoms with Gasteiger partial charge in [-0.15, -0.1) is 0 Å². The Morgan fingerprint density at radius 1 is 1.09 bits per heavy atom. The summed E-state index contributed by atoms with van der Waals surface area (Å²) in [4.78, 5) is 39.9. The molecule has 2 heterocycles. The quantitative estimate of drug-likeness (QED) is 0.632. The van der Waals surface area contributed by atoms with E-state index in [1.807, 2.05) is 43.3 Å². The molecule has 1 saturated carbocycles. The molecule has 2 aromatic carbocycles. The Hall–Kier alpha value is -3.39. The molecule has 2 bridgehead atoms. The van der Waals surface area contributed by atoms with Crippen LogP contribution in [0.5, 0.6) is 0 Å². The molecule has 1 atom stereocenters. The minimum absolute atomic E-state index is 0.109. The van der Waals surface area contributed by atoms with E-state index in [0.717, 1.165) is 22.3 Å². The molecule has 0 spiro atoms. The molecule has 4 aliphatic rings. The first-order valence-corrected chi connectivity index (χ1v) is 11.8. The molecule has 2 saturated heterocycles. The van der Waals surface area contributed by atoms with Crippen molar-refractivity contribution >= 4 is 18.0 Å². The fourth-order valence-electron chi connectivity index (χ4n) is 6.33. The Morgan fingerprint density at radius 3 is 2.20 bits per heavy atom. The van der Waals surface area contributed by atoms with Gasteiger partial charge >= 0.3 is 12.1 Å². The summed E-state index contributed by atoms with van der Waals surface area (Å²) in [7, 11) is 1.43. The van der Waals surface area contributed by atoms with Gasteiger partial charge in [0.1, 0.15) is 17.7 Å². The average molecular weight is 479 g/mol. The number of alkyl carbamates (subject to hydrolysis) is 1. The minimum Gasteiger partial charge on any atom is -0.479 e. The molecule has 0 radical (unpaired) electrons. The van der Waals surface area contributed by atoms with Crippen LogP contribution in [0.25, 0.3) is 11.1 Å². The number of methoxy groups -OCH3 is 1. The normalized spacial score (nSPS) is 25.7. The Balaban J connectivity index is 1.31. The molecule has 184 valence electrons. The van der Waals surface area contributed by atoms with E-state index in [1.54, 1.807) is 6.92 Å². The third kappa shape index (κ3) is 3.58. The Morgan fingerprint density at radius 2 is 1.66 bits per heavy atom. The highest BCUT2D eigenvalue weighted by Gasteiger charge is 2.70. The number of rotatable bonds is 7. The molecule has 35 heavy (non-hydrogen) atoms. The van der Waals surface area contributed by atoms with Gasteiger partial charge in [0.2, 0.25) is 0 Å². The van der Waals surface area contributed by atoms with Crippen molar-refractivity contribution in [2.24, 2.45) is 5.41 Å². The topological polar surface area (TPSA) is 105 Å². The van der Waals surface area contributed by atoms with Gasteiger partial charge in [-0.1, -0.05) is 55.5 Å². The van der Waals surface area contributed by atoms with E-state index < -0.39 is 29.0 Å². The van der Waals surface area contributed by atoms with Crippen LogP contribution in [0.2, 0.25) is 0 Å². The Kier molecular flexibility index (Phi) is 5.40. The largest absolute Gasteiger partial charge is 0.479 e. The van der Waals surface area contributed by atoms with E-state index in [2.05, 4.69) is 17.4 Å². The molecule has 0 aromatic heterocycles. The summed E-state index contributed by atoms with van der Waals surface area (Å²) in [5, 5.41) is 12.5. The number of ether oxygens (including phenoxy) is 2. The van der Waals surface area contributed by atoms with Crippen LogP contribution in [0, 0.1) is 5.41 Å². The molecule has 6 rings (SSSR count). The second kappa shape index (κ2) is 8.09. The zero-order valence-corrected chi connectivity index (χ0v) is 20.2. The second-order valence-electron chi connectivity index (χ2n) is 10.6. The lowest BCUT2D eigenvalue weighted by molar-refractivity contribution is -0.162. The predicted octanol–water partition coefficient (Wildman–Crippen LogP) is 3.40. The third-order valence-corrected chi connectivity index (χ3v) is 7.76. The SMILES string of the molecule is COCC(C)(NC(=O)OCC1c2ccccc2-c2ccccc21)C(=O)N1CC2(C)CC1(C(=O)O)C2. The molecule has 2 aromatic rings. The van der Waals surface area contributed by atoms with Crippen molar-refractivity contribution in [1.29, 1.82) is 0 Å². The maximum Gasteiger partial charge on any atom is 0.408 e. The summed E-state index contributed by atoms with van der Waals surface area (Å²) >= 11 is 0. The first-order valence-electron chi connectivity index (χ1n) is 11.8. The summed E-state index contributed by atoms with van der Waals surface area (Å²) in [6.45, 7) is 3.86. The third-order valence-electron chi connectivity index (χ3n) is 7.76. The zero-order valence-electron chi connectivity index (χ0n) is 20.2. The summed E-state index contributed by atoms with van der Waals surface area (Å²) in [6.07, 6.45) is 0.0753. The number of fused-ring (bicyclic) bond motifs is 4. The zero-order chi connectivity index (χ0) is 25.0. The Bertz CT molecular complexity index is 1160. The van der Waals surface area contributed by atoms with Crippen LogP contribution in [-0.2, 0) is 19.1 Å². The monoisotopic (exact) mass is 478 g/mol. The lowest BCUT2D eigenvalue weighted by Gasteiger charge is -2.44. The number of carboxylic acid groups (broad SMARTS) is 1. The number of hydrogen-bond acceptors (Lipinski definition) is 5. The van der Waals surface area contributed by atoms with Crippen molar-refractivity contribution in [3.63, 3.8) is 0 Å². The number of aliphatic carboxylic acids is 1. The van der Waals surface area contributed by atoms with E-state index >= 15 is 0 Å². The number of carbonyl (C=O) groups is 3.